The minimum atomic E-state index is -0.134. The van der Waals surface area contributed by atoms with Crippen LogP contribution in [0.1, 0.15) is 42.2 Å². The van der Waals surface area contributed by atoms with E-state index in [-0.39, 0.29) is 11.9 Å². The molecule has 2 aromatic rings. The van der Waals surface area contributed by atoms with E-state index in [1.165, 1.54) is 4.88 Å². The molecule has 0 spiro atoms. The van der Waals surface area contributed by atoms with Crippen molar-refractivity contribution in [3.8, 4) is 0 Å². The molecule has 0 aromatic carbocycles. The van der Waals surface area contributed by atoms with Crippen molar-refractivity contribution in [3.05, 3.63) is 46.4 Å². The van der Waals surface area contributed by atoms with Crippen molar-refractivity contribution in [1.29, 1.82) is 0 Å². The Kier molecular flexibility index (Phi) is 5.33. The molecule has 0 aliphatic rings. The largest absolute Gasteiger partial charge is 0.384 e. The Bertz CT molecular complexity index is 564. The molecule has 0 saturated heterocycles. The number of aromatic nitrogens is 1. The quantitative estimate of drug-likeness (QED) is 0.855. The number of carbonyl (C=O) groups is 1. The summed E-state index contributed by atoms with van der Waals surface area (Å²) < 4.78 is 0. The van der Waals surface area contributed by atoms with E-state index >= 15 is 0 Å². The van der Waals surface area contributed by atoms with E-state index in [0.29, 0.717) is 11.6 Å². The van der Waals surface area contributed by atoms with E-state index in [4.69, 9.17) is 0 Å². The van der Waals surface area contributed by atoms with Crippen molar-refractivity contribution in [2.45, 2.75) is 26.8 Å². The molecule has 2 rings (SSSR count). The van der Waals surface area contributed by atoms with Gasteiger partial charge in [0, 0.05) is 11.4 Å². The minimum absolute atomic E-state index is 0.0211. The molecule has 0 bridgehead atoms. The summed E-state index contributed by atoms with van der Waals surface area (Å²) in [4.78, 5) is 17.7. The van der Waals surface area contributed by atoms with E-state index in [9.17, 15) is 4.79 Å². The molecule has 2 aromatic heterocycles. The Morgan fingerprint density at radius 1 is 1.33 bits per heavy atom. The van der Waals surface area contributed by atoms with Gasteiger partial charge in [-0.1, -0.05) is 19.9 Å². The van der Waals surface area contributed by atoms with Gasteiger partial charge in [-0.15, -0.1) is 11.3 Å². The van der Waals surface area contributed by atoms with Crippen LogP contribution in [-0.2, 0) is 0 Å². The highest BCUT2D eigenvalue weighted by molar-refractivity contribution is 7.10. The van der Waals surface area contributed by atoms with Gasteiger partial charge in [-0.3, -0.25) is 4.79 Å². The first kappa shape index (κ1) is 15.5. The van der Waals surface area contributed by atoms with Crippen LogP contribution >= 0.6 is 11.3 Å². The van der Waals surface area contributed by atoms with Gasteiger partial charge in [0.25, 0.3) is 5.91 Å². The average molecular weight is 303 g/mol. The van der Waals surface area contributed by atoms with Gasteiger partial charge in [-0.2, -0.15) is 0 Å². The number of hydrogen-bond acceptors (Lipinski definition) is 4. The lowest BCUT2D eigenvalue weighted by Gasteiger charge is -2.21. The van der Waals surface area contributed by atoms with Gasteiger partial charge in [-0.25, -0.2) is 4.98 Å². The molecule has 0 fully saturated rings. The minimum Gasteiger partial charge on any atom is -0.384 e. The second kappa shape index (κ2) is 7.22. The summed E-state index contributed by atoms with van der Waals surface area (Å²) in [5.74, 6) is 0.193. The molecular formula is C16H21N3OS. The van der Waals surface area contributed by atoms with E-state index in [2.05, 4.69) is 35.5 Å². The number of rotatable bonds is 6. The smallest absolute Gasteiger partial charge is 0.270 e. The summed E-state index contributed by atoms with van der Waals surface area (Å²) in [6.07, 6.45) is 1.69. The van der Waals surface area contributed by atoms with Crippen molar-refractivity contribution >= 4 is 22.9 Å². The van der Waals surface area contributed by atoms with E-state index in [0.717, 1.165) is 12.2 Å². The van der Waals surface area contributed by atoms with Crippen molar-refractivity contribution < 1.29 is 4.79 Å². The normalized spacial score (nSPS) is 12.2. The van der Waals surface area contributed by atoms with Crippen LogP contribution in [0.25, 0.3) is 0 Å². The Balaban J connectivity index is 2.08. The second-order valence-corrected chi connectivity index (χ2v) is 6.15. The van der Waals surface area contributed by atoms with Gasteiger partial charge >= 0.3 is 0 Å². The highest BCUT2D eigenvalue weighted by Gasteiger charge is 2.20. The van der Waals surface area contributed by atoms with Crippen LogP contribution in [0.4, 0.5) is 5.69 Å². The monoisotopic (exact) mass is 303 g/mol. The number of anilines is 1. The zero-order valence-electron chi connectivity index (χ0n) is 12.6. The molecule has 1 atom stereocenters. The van der Waals surface area contributed by atoms with Crippen LogP contribution < -0.4 is 10.6 Å². The van der Waals surface area contributed by atoms with Gasteiger partial charge in [0.2, 0.25) is 0 Å². The first-order chi connectivity index (χ1) is 10.1. The maximum Gasteiger partial charge on any atom is 0.270 e. The highest BCUT2D eigenvalue weighted by atomic mass is 32.1. The number of pyridine rings is 1. The van der Waals surface area contributed by atoms with Gasteiger partial charge in [0.1, 0.15) is 5.69 Å². The molecule has 4 nitrogen and oxygen atoms in total. The number of thiophene rings is 1. The summed E-state index contributed by atoms with van der Waals surface area (Å²) in [6, 6.07) is 7.70. The molecule has 1 amide bonds. The first-order valence-corrected chi connectivity index (χ1v) is 8.04. The average Bonchev–Trinajstić information content (AvgIpc) is 2.99. The van der Waals surface area contributed by atoms with Crippen LogP contribution in [-0.4, -0.2) is 17.4 Å². The van der Waals surface area contributed by atoms with E-state index in [1.807, 2.05) is 24.4 Å². The predicted molar refractivity (Wildman–Crippen MR) is 87.8 cm³/mol. The third-order valence-corrected chi connectivity index (χ3v) is 4.14. The molecule has 112 valence electrons. The molecule has 0 aliphatic heterocycles. The molecular weight excluding hydrogens is 282 g/mol. The summed E-state index contributed by atoms with van der Waals surface area (Å²) in [5, 5.41) is 8.27. The van der Waals surface area contributed by atoms with E-state index in [1.54, 1.807) is 23.6 Å². The molecule has 21 heavy (non-hydrogen) atoms. The summed E-state index contributed by atoms with van der Waals surface area (Å²) in [5.41, 5.74) is 1.37. The van der Waals surface area contributed by atoms with Gasteiger partial charge in [0.05, 0.1) is 17.9 Å². The van der Waals surface area contributed by atoms with Crippen molar-refractivity contribution in [2.24, 2.45) is 5.92 Å². The third kappa shape index (κ3) is 4.04. The summed E-state index contributed by atoms with van der Waals surface area (Å²) >= 11 is 1.66. The van der Waals surface area contributed by atoms with Crippen LogP contribution in [0.2, 0.25) is 0 Å². The topological polar surface area (TPSA) is 54.0 Å². The predicted octanol–water partition coefficient (Wildman–Crippen LogP) is 3.70. The molecule has 1 unspecified atom stereocenters. The number of amides is 1. The van der Waals surface area contributed by atoms with Gasteiger partial charge in [0.15, 0.2) is 0 Å². The highest BCUT2D eigenvalue weighted by Crippen LogP contribution is 2.26. The lowest BCUT2D eigenvalue weighted by atomic mass is 10.0. The maximum absolute atomic E-state index is 12.3. The Morgan fingerprint density at radius 3 is 2.67 bits per heavy atom. The fourth-order valence-corrected chi connectivity index (χ4v) is 3.04. The number of nitrogens with one attached hydrogen (secondary N) is 2. The lowest BCUT2D eigenvalue weighted by Crippen LogP contribution is -2.31. The summed E-state index contributed by atoms with van der Waals surface area (Å²) in [6.45, 7) is 7.06. The Morgan fingerprint density at radius 2 is 2.14 bits per heavy atom. The molecule has 0 aliphatic carbocycles. The zero-order chi connectivity index (χ0) is 15.2. The SMILES string of the molecule is CCNc1ccc(C(=O)NC(c2cccs2)C(C)C)nc1. The van der Waals surface area contributed by atoms with Crippen molar-refractivity contribution in [2.75, 3.05) is 11.9 Å². The fourth-order valence-electron chi connectivity index (χ4n) is 2.09. The van der Waals surface area contributed by atoms with E-state index < -0.39 is 0 Å². The van der Waals surface area contributed by atoms with Gasteiger partial charge in [-0.05, 0) is 36.4 Å². The summed E-state index contributed by atoms with van der Waals surface area (Å²) in [7, 11) is 0. The van der Waals surface area contributed by atoms with Crippen molar-refractivity contribution in [1.82, 2.24) is 10.3 Å². The number of nitrogens with zero attached hydrogens (tertiary/aromatic N) is 1. The van der Waals surface area contributed by atoms with Gasteiger partial charge < -0.3 is 10.6 Å². The van der Waals surface area contributed by atoms with Crippen LogP contribution in [0, 0.1) is 5.92 Å². The molecule has 0 saturated carbocycles. The standard InChI is InChI=1S/C16H21N3OS/c1-4-17-12-7-8-13(18-10-12)16(20)19-15(11(2)3)14-6-5-9-21-14/h5-11,15,17H,4H2,1-3H3,(H,19,20). The zero-order valence-corrected chi connectivity index (χ0v) is 13.4. The number of hydrogen-bond donors (Lipinski definition) is 2. The molecule has 2 N–H and O–H groups in total. The molecule has 5 heteroatoms. The number of carbonyl (C=O) groups excluding carboxylic acids is 1. The third-order valence-electron chi connectivity index (χ3n) is 3.18. The maximum atomic E-state index is 12.3. The van der Waals surface area contributed by atoms with Crippen LogP contribution in [0.3, 0.4) is 0 Å². The fraction of sp³-hybridized carbons (Fsp3) is 0.375. The first-order valence-electron chi connectivity index (χ1n) is 7.16. The molecule has 2 heterocycles. The molecule has 0 radical (unpaired) electrons. The second-order valence-electron chi connectivity index (χ2n) is 5.17. The Hall–Kier alpha value is -1.88. The van der Waals surface area contributed by atoms with Crippen LogP contribution in [0.5, 0.6) is 0 Å². The van der Waals surface area contributed by atoms with Crippen LogP contribution in [0.15, 0.2) is 35.8 Å². The lowest BCUT2D eigenvalue weighted by molar-refractivity contribution is 0.0921. The Labute approximate surface area is 129 Å². The van der Waals surface area contributed by atoms with Crippen molar-refractivity contribution in [3.63, 3.8) is 0 Å².